The maximum Gasteiger partial charge on any atom is 0.232 e. The van der Waals surface area contributed by atoms with Crippen molar-refractivity contribution in [1.29, 1.82) is 0 Å². The van der Waals surface area contributed by atoms with Crippen LogP contribution in [0.3, 0.4) is 0 Å². The van der Waals surface area contributed by atoms with Crippen LogP contribution in [0.25, 0.3) is 16.7 Å². The summed E-state index contributed by atoms with van der Waals surface area (Å²) >= 11 is 11.7. The lowest BCUT2D eigenvalue weighted by molar-refractivity contribution is -0.103. The second kappa shape index (κ2) is 6.22. The van der Waals surface area contributed by atoms with E-state index in [1.54, 1.807) is 42.5 Å². The number of fused-ring (bicyclic) bond motifs is 1. The van der Waals surface area contributed by atoms with E-state index >= 15 is 0 Å². The van der Waals surface area contributed by atoms with Gasteiger partial charge in [-0.3, -0.25) is 4.79 Å². The molecule has 110 valence electrons. The van der Waals surface area contributed by atoms with E-state index < -0.39 is 0 Å². The van der Waals surface area contributed by atoms with Gasteiger partial charge in [0, 0.05) is 21.9 Å². The van der Waals surface area contributed by atoms with Gasteiger partial charge in [0.2, 0.25) is 5.89 Å². The minimum Gasteiger partial charge on any atom is -0.436 e. The van der Waals surface area contributed by atoms with Gasteiger partial charge in [0.25, 0.3) is 0 Å². The van der Waals surface area contributed by atoms with Gasteiger partial charge in [0.1, 0.15) is 5.52 Å². The molecule has 0 amide bonds. The second-order valence-corrected chi connectivity index (χ2v) is 5.37. The van der Waals surface area contributed by atoms with Crippen LogP contribution in [-0.4, -0.2) is 11.3 Å². The van der Waals surface area contributed by atoms with E-state index in [2.05, 4.69) is 10.3 Å². The highest BCUT2D eigenvalue weighted by Crippen LogP contribution is 2.23. The molecule has 1 aromatic heterocycles. The number of hydrogen-bond donors (Lipinski definition) is 1. The number of allylic oxidation sites excluding steroid dienone is 1. The largest absolute Gasteiger partial charge is 0.436 e. The topological polar surface area (TPSA) is 55.1 Å². The highest BCUT2D eigenvalue weighted by Gasteiger charge is 2.10. The monoisotopic (exact) mass is 332 g/mol. The molecule has 0 aliphatic carbocycles. The predicted molar refractivity (Wildman–Crippen MR) is 88.1 cm³/mol. The predicted octanol–water partition coefficient (Wildman–Crippen LogP) is 4.79. The molecule has 0 saturated heterocycles. The lowest BCUT2D eigenvalue weighted by Crippen LogP contribution is -1.93. The zero-order chi connectivity index (χ0) is 15.5. The van der Waals surface area contributed by atoms with Crippen LogP contribution < -0.4 is 5.32 Å². The standard InChI is InChI=1S/C16H10Cl2N2O2/c17-11-1-4-13(5-2-11)19-8-10(9-21)16-20-14-7-12(18)3-6-15(14)22-16/h1-9,19H. The van der Waals surface area contributed by atoms with Crippen LogP contribution >= 0.6 is 23.2 Å². The molecule has 2 aromatic carbocycles. The molecule has 3 aromatic rings. The van der Waals surface area contributed by atoms with E-state index in [1.165, 1.54) is 6.20 Å². The number of halogens is 2. The van der Waals surface area contributed by atoms with Gasteiger partial charge in [-0.15, -0.1) is 0 Å². The minimum absolute atomic E-state index is 0.230. The summed E-state index contributed by atoms with van der Waals surface area (Å²) in [4.78, 5) is 15.5. The molecule has 0 fully saturated rings. The summed E-state index contributed by atoms with van der Waals surface area (Å²) in [6.07, 6.45) is 2.21. The molecule has 4 nitrogen and oxygen atoms in total. The molecular formula is C16H10Cl2N2O2. The Labute approximate surface area is 136 Å². The Bertz CT molecular complexity index is 854. The molecule has 6 heteroatoms. The minimum atomic E-state index is 0.230. The Morgan fingerprint density at radius 3 is 2.55 bits per heavy atom. The van der Waals surface area contributed by atoms with Crippen molar-refractivity contribution in [3.05, 3.63) is 64.6 Å². The Kier molecular flexibility index (Phi) is 4.13. The first kappa shape index (κ1) is 14.6. The summed E-state index contributed by atoms with van der Waals surface area (Å²) in [6, 6.07) is 12.2. The van der Waals surface area contributed by atoms with Gasteiger partial charge in [-0.2, -0.15) is 0 Å². The van der Waals surface area contributed by atoms with E-state index in [9.17, 15) is 4.79 Å². The van der Waals surface area contributed by atoms with Gasteiger partial charge in [-0.05, 0) is 42.5 Å². The fourth-order valence-electron chi connectivity index (χ4n) is 1.88. The van der Waals surface area contributed by atoms with Gasteiger partial charge in [-0.1, -0.05) is 23.2 Å². The maximum absolute atomic E-state index is 11.3. The van der Waals surface area contributed by atoms with Gasteiger partial charge < -0.3 is 9.73 Å². The number of nitrogens with one attached hydrogen (secondary N) is 1. The second-order valence-electron chi connectivity index (χ2n) is 4.50. The molecule has 0 radical (unpaired) electrons. The van der Waals surface area contributed by atoms with Crippen molar-refractivity contribution in [2.45, 2.75) is 0 Å². The average Bonchev–Trinajstić information content (AvgIpc) is 2.92. The third-order valence-electron chi connectivity index (χ3n) is 2.96. The molecule has 0 aliphatic rings. The first-order valence-electron chi connectivity index (χ1n) is 6.39. The number of hydrogen-bond acceptors (Lipinski definition) is 4. The number of anilines is 1. The molecule has 0 atom stereocenters. The van der Waals surface area contributed by atoms with Crippen LogP contribution in [0.2, 0.25) is 10.0 Å². The summed E-state index contributed by atoms with van der Waals surface area (Å²) < 4.78 is 5.55. The zero-order valence-corrected chi connectivity index (χ0v) is 12.7. The van der Waals surface area contributed by atoms with Gasteiger partial charge in [0.05, 0.1) is 5.57 Å². The lowest BCUT2D eigenvalue weighted by Gasteiger charge is -2.01. The molecule has 0 spiro atoms. The highest BCUT2D eigenvalue weighted by atomic mass is 35.5. The van der Waals surface area contributed by atoms with Gasteiger partial charge >= 0.3 is 0 Å². The SMILES string of the molecule is O=CC(=CNc1ccc(Cl)cc1)c1nc2cc(Cl)ccc2o1. The van der Waals surface area contributed by atoms with Crippen molar-refractivity contribution in [3.8, 4) is 0 Å². The number of nitrogens with zero attached hydrogens (tertiary/aromatic N) is 1. The molecule has 1 heterocycles. The Morgan fingerprint density at radius 2 is 1.82 bits per heavy atom. The van der Waals surface area contributed by atoms with Crippen LogP contribution in [0.5, 0.6) is 0 Å². The number of oxazole rings is 1. The van der Waals surface area contributed by atoms with Crippen LogP contribution in [0, 0.1) is 0 Å². The van der Waals surface area contributed by atoms with Crippen molar-refractivity contribution in [1.82, 2.24) is 4.98 Å². The number of carbonyl (C=O) groups excluding carboxylic acids is 1. The van der Waals surface area contributed by atoms with Crippen LogP contribution in [0.15, 0.2) is 53.1 Å². The summed E-state index contributed by atoms with van der Waals surface area (Å²) in [5.74, 6) is 0.230. The molecule has 0 aliphatic heterocycles. The maximum atomic E-state index is 11.3. The highest BCUT2D eigenvalue weighted by molar-refractivity contribution is 6.31. The Balaban J connectivity index is 1.89. The molecular weight excluding hydrogens is 323 g/mol. The third kappa shape index (κ3) is 3.13. The fourth-order valence-corrected chi connectivity index (χ4v) is 2.17. The number of rotatable bonds is 4. The van der Waals surface area contributed by atoms with E-state index in [0.717, 1.165) is 5.69 Å². The number of carbonyl (C=O) groups is 1. The summed E-state index contributed by atoms with van der Waals surface area (Å²) in [7, 11) is 0. The van der Waals surface area contributed by atoms with Gasteiger partial charge in [0.15, 0.2) is 11.9 Å². The first-order valence-corrected chi connectivity index (χ1v) is 7.15. The van der Waals surface area contributed by atoms with E-state index in [0.29, 0.717) is 33.0 Å². The van der Waals surface area contributed by atoms with Crippen molar-refractivity contribution >= 4 is 51.8 Å². The molecule has 0 unspecified atom stereocenters. The molecule has 0 saturated carbocycles. The van der Waals surface area contributed by atoms with Crippen molar-refractivity contribution in [2.75, 3.05) is 5.32 Å². The quantitative estimate of drug-likeness (QED) is 0.551. The van der Waals surface area contributed by atoms with Crippen LogP contribution in [-0.2, 0) is 4.79 Å². The van der Waals surface area contributed by atoms with E-state index in [4.69, 9.17) is 27.6 Å². The zero-order valence-electron chi connectivity index (χ0n) is 11.2. The van der Waals surface area contributed by atoms with Crippen molar-refractivity contribution < 1.29 is 9.21 Å². The third-order valence-corrected chi connectivity index (χ3v) is 3.45. The van der Waals surface area contributed by atoms with E-state index in [-0.39, 0.29) is 5.89 Å². The fraction of sp³-hybridized carbons (Fsp3) is 0. The number of aldehydes is 1. The Morgan fingerprint density at radius 1 is 1.09 bits per heavy atom. The van der Waals surface area contributed by atoms with Crippen molar-refractivity contribution in [2.24, 2.45) is 0 Å². The lowest BCUT2D eigenvalue weighted by atomic mass is 10.3. The van der Waals surface area contributed by atoms with Gasteiger partial charge in [-0.25, -0.2) is 4.98 Å². The summed E-state index contributed by atoms with van der Waals surface area (Å²) in [5, 5.41) is 4.20. The van der Waals surface area contributed by atoms with E-state index in [1.807, 2.05) is 0 Å². The summed E-state index contributed by atoms with van der Waals surface area (Å²) in [5.41, 5.74) is 2.26. The molecule has 22 heavy (non-hydrogen) atoms. The Hall–Kier alpha value is -2.30. The average molecular weight is 333 g/mol. The molecule has 1 N–H and O–H groups in total. The smallest absolute Gasteiger partial charge is 0.232 e. The van der Waals surface area contributed by atoms with Crippen molar-refractivity contribution in [3.63, 3.8) is 0 Å². The normalized spacial score (nSPS) is 11.6. The molecule has 3 rings (SSSR count). The van der Waals surface area contributed by atoms with Crippen LogP contribution in [0.4, 0.5) is 5.69 Å². The van der Waals surface area contributed by atoms with Crippen LogP contribution in [0.1, 0.15) is 5.89 Å². The number of aromatic nitrogens is 1. The molecule has 0 bridgehead atoms. The number of benzene rings is 2. The summed E-state index contributed by atoms with van der Waals surface area (Å²) in [6.45, 7) is 0. The first-order chi connectivity index (χ1) is 10.7.